The summed E-state index contributed by atoms with van der Waals surface area (Å²) in [6.07, 6.45) is 8.47. The number of rotatable bonds is 8. The fourth-order valence-corrected chi connectivity index (χ4v) is 4.27. The number of carbonyl (C=O) groups excluding carboxylic acids is 1. The van der Waals surface area contributed by atoms with Crippen LogP contribution in [-0.4, -0.2) is 29.2 Å². The number of carbonyl (C=O) groups is 1. The smallest absolute Gasteiger partial charge is 0.311 e. The van der Waals surface area contributed by atoms with Crippen LogP contribution in [0.3, 0.4) is 0 Å². The maximum atomic E-state index is 12.5. The molecule has 150 valence electrons. The van der Waals surface area contributed by atoms with Crippen molar-refractivity contribution in [3.63, 3.8) is 0 Å². The van der Waals surface area contributed by atoms with E-state index in [9.17, 15) is 4.79 Å². The van der Waals surface area contributed by atoms with Crippen LogP contribution in [0.15, 0.2) is 45.7 Å². The molecule has 4 nitrogen and oxygen atoms in total. The van der Waals surface area contributed by atoms with Crippen molar-refractivity contribution in [2.75, 3.05) is 12.0 Å². The molecule has 1 aliphatic rings. The fraction of sp³-hybridized carbons (Fsp3) is 0.455. The standard InChI is InChI=1S/C22H26ClNO3S/c1-15(19-5-3-4-6-20(19)23)27-21(25)13-18-14-26-24-22(18)17-9-7-16(8-10-17)11-12-28-2/h7-10,14-15H,3-6,11-13H2,1-2H3. The van der Waals surface area contributed by atoms with Crippen LogP contribution in [0.2, 0.25) is 0 Å². The first kappa shape index (κ1) is 21.0. The lowest BCUT2D eigenvalue weighted by Crippen LogP contribution is -2.20. The average Bonchev–Trinajstić information content (AvgIpc) is 3.15. The molecule has 0 aliphatic heterocycles. The highest BCUT2D eigenvalue weighted by atomic mass is 35.5. The van der Waals surface area contributed by atoms with E-state index in [-0.39, 0.29) is 18.5 Å². The van der Waals surface area contributed by atoms with Gasteiger partial charge in [0.15, 0.2) is 0 Å². The fourth-order valence-electron chi connectivity index (χ4n) is 3.45. The van der Waals surface area contributed by atoms with Gasteiger partial charge >= 0.3 is 5.97 Å². The summed E-state index contributed by atoms with van der Waals surface area (Å²) in [6, 6.07) is 8.25. The van der Waals surface area contributed by atoms with E-state index in [4.69, 9.17) is 20.9 Å². The van der Waals surface area contributed by atoms with Crippen molar-refractivity contribution in [2.24, 2.45) is 0 Å². The number of allylic oxidation sites excluding steroid dienone is 1. The van der Waals surface area contributed by atoms with E-state index < -0.39 is 0 Å². The Hall–Kier alpha value is -1.72. The van der Waals surface area contributed by atoms with Crippen molar-refractivity contribution >= 4 is 29.3 Å². The summed E-state index contributed by atoms with van der Waals surface area (Å²) in [5.74, 6) is 0.801. The zero-order valence-electron chi connectivity index (χ0n) is 16.4. The molecule has 1 aliphatic carbocycles. The second kappa shape index (κ2) is 10.2. The normalized spacial score (nSPS) is 15.5. The van der Waals surface area contributed by atoms with Gasteiger partial charge in [-0.3, -0.25) is 4.79 Å². The van der Waals surface area contributed by atoms with Crippen LogP contribution >= 0.6 is 23.4 Å². The third kappa shape index (κ3) is 5.42. The number of esters is 1. The molecule has 1 heterocycles. The van der Waals surface area contributed by atoms with Gasteiger partial charge in [0, 0.05) is 16.2 Å². The summed E-state index contributed by atoms with van der Waals surface area (Å²) in [7, 11) is 0. The van der Waals surface area contributed by atoms with Crippen LogP contribution in [0.5, 0.6) is 0 Å². The van der Waals surface area contributed by atoms with E-state index in [1.165, 1.54) is 11.8 Å². The Morgan fingerprint density at radius 3 is 2.75 bits per heavy atom. The summed E-state index contributed by atoms with van der Waals surface area (Å²) in [6.45, 7) is 1.89. The zero-order chi connectivity index (χ0) is 19.9. The van der Waals surface area contributed by atoms with Gasteiger partial charge in [0.2, 0.25) is 0 Å². The molecule has 2 aromatic rings. The van der Waals surface area contributed by atoms with Gasteiger partial charge in [-0.25, -0.2) is 0 Å². The van der Waals surface area contributed by atoms with Crippen LogP contribution in [0.25, 0.3) is 11.3 Å². The van der Waals surface area contributed by atoms with E-state index in [1.54, 1.807) is 0 Å². The molecule has 0 N–H and O–H groups in total. The average molecular weight is 420 g/mol. The first-order valence-electron chi connectivity index (χ1n) is 9.67. The Labute approximate surface area is 175 Å². The topological polar surface area (TPSA) is 52.3 Å². The molecule has 0 saturated carbocycles. The molecule has 28 heavy (non-hydrogen) atoms. The molecule has 1 aromatic heterocycles. The Balaban J connectivity index is 1.64. The number of aromatic nitrogens is 1. The van der Waals surface area contributed by atoms with E-state index in [0.717, 1.165) is 59.6 Å². The first-order valence-corrected chi connectivity index (χ1v) is 11.4. The number of aryl methyl sites for hydroxylation is 1. The highest BCUT2D eigenvalue weighted by Gasteiger charge is 2.22. The minimum absolute atomic E-state index is 0.127. The van der Waals surface area contributed by atoms with Gasteiger partial charge < -0.3 is 9.26 Å². The highest BCUT2D eigenvalue weighted by Crippen LogP contribution is 2.31. The van der Waals surface area contributed by atoms with Gasteiger partial charge in [-0.1, -0.05) is 41.0 Å². The van der Waals surface area contributed by atoms with Gasteiger partial charge in [0.25, 0.3) is 0 Å². The van der Waals surface area contributed by atoms with Crippen LogP contribution < -0.4 is 0 Å². The summed E-state index contributed by atoms with van der Waals surface area (Å²) in [5, 5.41) is 4.94. The number of nitrogens with zero attached hydrogens (tertiary/aromatic N) is 1. The molecular formula is C22H26ClNO3S. The highest BCUT2D eigenvalue weighted by molar-refractivity contribution is 7.98. The maximum Gasteiger partial charge on any atom is 0.311 e. The van der Waals surface area contributed by atoms with Crippen molar-refractivity contribution in [3.8, 4) is 11.3 Å². The first-order chi connectivity index (χ1) is 13.6. The SMILES string of the molecule is CSCCc1ccc(-c2nocc2CC(=O)OC(C)C2=C(Cl)CCCC2)cc1. The summed E-state index contributed by atoms with van der Waals surface area (Å²) in [5.41, 5.74) is 4.70. The summed E-state index contributed by atoms with van der Waals surface area (Å²) in [4.78, 5) is 12.5. The van der Waals surface area contributed by atoms with Crippen molar-refractivity contribution in [1.82, 2.24) is 5.16 Å². The van der Waals surface area contributed by atoms with Gasteiger partial charge in [-0.2, -0.15) is 11.8 Å². The molecule has 0 radical (unpaired) electrons. The minimum Gasteiger partial charge on any atom is -0.458 e. The van der Waals surface area contributed by atoms with Crippen LogP contribution in [0.1, 0.15) is 43.7 Å². The van der Waals surface area contributed by atoms with E-state index >= 15 is 0 Å². The molecule has 1 atom stereocenters. The molecule has 3 rings (SSSR count). The third-order valence-corrected chi connectivity index (χ3v) is 6.08. The number of hydrogen-bond donors (Lipinski definition) is 0. The number of hydrogen-bond acceptors (Lipinski definition) is 5. The lowest BCUT2D eigenvalue weighted by Gasteiger charge is -2.22. The predicted octanol–water partition coefficient (Wildman–Crippen LogP) is 5.79. The Morgan fingerprint density at radius 2 is 2.04 bits per heavy atom. The number of halogens is 1. The van der Waals surface area contributed by atoms with Gasteiger partial charge in [-0.15, -0.1) is 0 Å². The number of thioether (sulfide) groups is 1. The zero-order valence-corrected chi connectivity index (χ0v) is 17.9. The van der Waals surface area contributed by atoms with Crippen molar-refractivity contribution in [2.45, 2.75) is 51.6 Å². The van der Waals surface area contributed by atoms with E-state index in [0.29, 0.717) is 5.69 Å². The summed E-state index contributed by atoms with van der Waals surface area (Å²) < 4.78 is 10.8. The van der Waals surface area contributed by atoms with Gasteiger partial charge in [0.05, 0.1) is 6.42 Å². The van der Waals surface area contributed by atoms with Crippen LogP contribution in [0.4, 0.5) is 0 Å². The molecular weight excluding hydrogens is 394 g/mol. The molecule has 0 saturated heterocycles. The lowest BCUT2D eigenvalue weighted by atomic mass is 9.96. The Morgan fingerprint density at radius 1 is 1.29 bits per heavy atom. The predicted molar refractivity (Wildman–Crippen MR) is 115 cm³/mol. The monoisotopic (exact) mass is 419 g/mol. The molecule has 0 bridgehead atoms. The molecule has 0 spiro atoms. The molecule has 1 aromatic carbocycles. The van der Waals surface area contributed by atoms with Crippen LogP contribution in [0, 0.1) is 0 Å². The lowest BCUT2D eigenvalue weighted by molar-refractivity contribution is -0.145. The van der Waals surface area contributed by atoms with Gasteiger partial charge in [-0.05, 0) is 62.2 Å². The molecule has 1 unspecified atom stereocenters. The minimum atomic E-state index is -0.295. The largest absolute Gasteiger partial charge is 0.458 e. The van der Waals surface area contributed by atoms with Crippen molar-refractivity contribution in [3.05, 3.63) is 52.3 Å². The molecule has 0 amide bonds. The Kier molecular flexibility index (Phi) is 7.63. The molecule has 0 fully saturated rings. The number of benzene rings is 1. The van der Waals surface area contributed by atoms with Crippen molar-refractivity contribution < 1.29 is 14.1 Å². The van der Waals surface area contributed by atoms with Gasteiger partial charge in [0.1, 0.15) is 18.1 Å². The maximum absolute atomic E-state index is 12.5. The number of ether oxygens (including phenoxy) is 1. The second-order valence-corrected chi connectivity index (χ2v) is 8.52. The van der Waals surface area contributed by atoms with E-state index in [2.05, 4.69) is 23.5 Å². The summed E-state index contributed by atoms with van der Waals surface area (Å²) >= 11 is 8.15. The van der Waals surface area contributed by atoms with Crippen LogP contribution in [-0.2, 0) is 22.4 Å². The van der Waals surface area contributed by atoms with Crippen molar-refractivity contribution in [1.29, 1.82) is 0 Å². The quantitative estimate of drug-likeness (QED) is 0.507. The second-order valence-electron chi connectivity index (χ2n) is 7.07. The third-order valence-electron chi connectivity index (χ3n) is 5.04. The Bertz CT molecular complexity index is 829. The van der Waals surface area contributed by atoms with E-state index in [1.807, 2.05) is 30.8 Å². The molecule has 6 heteroatoms.